The lowest BCUT2D eigenvalue weighted by Crippen LogP contribution is -2.44. The van der Waals surface area contributed by atoms with E-state index in [0.717, 1.165) is 25.3 Å². The summed E-state index contributed by atoms with van der Waals surface area (Å²) in [4.78, 5) is 14.1. The number of benzene rings is 1. The van der Waals surface area contributed by atoms with Crippen LogP contribution in [-0.2, 0) is 22.6 Å². The lowest BCUT2D eigenvalue weighted by Gasteiger charge is -2.23. The van der Waals surface area contributed by atoms with Crippen molar-refractivity contribution in [2.45, 2.75) is 25.6 Å². The minimum atomic E-state index is 0.0658. The van der Waals surface area contributed by atoms with Crippen LogP contribution in [0.4, 0.5) is 0 Å². The zero-order valence-electron chi connectivity index (χ0n) is 12.9. The van der Waals surface area contributed by atoms with Crippen molar-refractivity contribution < 1.29 is 9.53 Å². The molecule has 5 nitrogen and oxygen atoms in total. The van der Waals surface area contributed by atoms with Gasteiger partial charge in [-0.05, 0) is 25.2 Å². The number of hydrogen-bond acceptors (Lipinski definition) is 4. The van der Waals surface area contributed by atoms with Crippen LogP contribution in [0.5, 0.6) is 0 Å². The third-order valence-corrected chi connectivity index (χ3v) is 3.41. The molecule has 1 aliphatic heterocycles. The molecule has 0 saturated carbocycles. The van der Waals surface area contributed by atoms with Crippen LogP contribution in [0.15, 0.2) is 24.3 Å². The molecule has 1 fully saturated rings. The Labute approximate surface area is 126 Å². The molecule has 1 atom stereocenters. The molecule has 0 aromatic heterocycles. The SMILES string of the molecule is CN(C)Cc1cccc(CNC(=O)CC2COCCN2)c1. The molecule has 1 aliphatic rings. The van der Waals surface area contributed by atoms with E-state index in [9.17, 15) is 4.79 Å². The second-order valence-electron chi connectivity index (χ2n) is 5.76. The number of hydrogen-bond donors (Lipinski definition) is 2. The Morgan fingerprint density at radius 2 is 2.24 bits per heavy atom. The van der Waals surface area contributed by atoms with Crippen molar-refractivity contribution in [3.8, 4) is 0 Å². The van der Waals surface area contributed by atoms with Crippen LogP contribution >= 0.6 is 0 Å². The molecule has 0 aliphatic carbocycles. The summed E-state index contributed by atoms with van der Waals surface area (Å²) in [6, 6.07) is 8.47. The Hall–Kier alpha value is -1.43. The predicted octanol–water partition coefficient (Wildman–Crippen LogP) is 0.743. The normalized spacial score (nSPS) is 18.7. The van der Waals surface area contributed by atoms with Crippen LogP contribution < -0.4 is 10.6 Å². The molecular weight excluding hydrogens is 266 g/mol. The lowest BCUT2D eigenvalue weighted by molar-refractivity contribution is -0.122. The van der Waals surface area contributed by atoms with Crippen LogP contribution in [0.1, 0.15) is 17.5 Å². The Bertz CT molecular complexity index is 457. The monoisotopic (exact) mass is 291 g/mol. The van der Waals surface area contributed by atoms with Crippen molar-refractivity contribution in [3.05, 3.63) is 35.4 Å². The molecule has 1 aromatic carbocycles. The quantitative estimate of drug-likeness (QED) is 0.812. The van der Waals surface area contributed by atoms with Crippen LogP contribution in [0, 0.1) is 0 Å². The number of carbonyl (C=O) groups excluding carboxylic acids is 1. The van der Waals surface area contributed by atoms with Crippen LogP contribution in [-0.4, -0.2) is 50.7 Å². The highest BCUT2D eigenvalue weighted by Crippen LogP contribution is 2.07. The van der Waals surface area contributed by atoms with E-state index in [0.29, 0.717) is 19.6 Å². The summed E-state index contributed by atoms with van der Waals surface area (Å²) < 4.78 is 5.35. The molecule has 5 heteroatoms. The van der Waals surface area contributed by atoms with Gasteiger partial charge >= 0.3 is 0 Å². The van der Waals surface area contributed by atoms with Gasteiger partial charge in [0, 0.05) is 32.1 Å². The summed E-state index contributed by atoms with van der Waals surface area (Å²) in [5.41, 5.74) is 2.39. The Morgan fingerprint density at radius 1 is 1.43 bits per heavy atom. The Kier molecular flexibility index (Phi) is 6.17. The van der Waals surface area contributed by atoms with Gasteiger partial charge in [0.25, 0.3) is 0 Å². The zero-order valence-corrected chi connectivity index (χ0v) is 12.9. The van der Waals surface area contributed by atoms with E-state index >= 15 is 0 Å². The van der Waals surface area contributed by atoms with Crippen molar-refractivity contribution in [2.75, 3.05) is 33.9 Å². The molecule has 1 aromatic rings. The second-order valence-corrected chi connectivity index (χ2v) is 5.76. The molecular formula is C16H25N3O2. The van der Waals surface area contributed by atoms with E-state index in [1.807, 2.05) is 26.2 Å². The summed E-state index contributed by atoms with van der Waals surface area (Å²) in [7, 11) is 4.10. The summed E-state index contributed by atoms with van der Waals surface area (Å²) in [6.07, 6.45) is 0.470. The van der Waals surface area contributed by atoms with Crippen LogP contribution in [0.25, 0.3) is 0 Å². The molecule has 116 valence electrons. The molecule has 2 N–H and O–H groups in total. The molecule has 1 heterocycles. The van der Waals surface area contributed by atoms with E-state index in [4.69, 9.17) is 4.74 Å². The number of nitrogens with zero attached hydrogens (tertiary/aromatic N) is 1. The maximum absolute atomic E-state index is 11.9. The molecule has 0 radical (unpaired) electrons. The van der Waals surface area contributed by atoms with Crippen molar-refractivity contribution in [3.63, 3.8) is 0 Å². The fourth-order valence-electron chi connectivity index (χ4n) is 2.45. The molecule has 0 bridgehead atoms. The third kappa shape index (κ3) is 5.83. The highest BCUT2D eigenvalue weighted by molar-refractivity contribution is 5.76. The van der Waals surface area contributed by atoms with Crippen molar-refractivity contribution >= 4 is 5.91 Å². The van der Waals surface area contributed by atoms with Gasteiger partial charge in [-0.2, -0.15) is 0 Å². The van der Waals surface area contributed by atoms with Gasteiger partial charge < -0.3 is 20.3 Å². The molecule has 2 rings (SSSR count). The fraction of sp³-hybridized carbons (Fsp3) is 0.562. The number of carbonyl (C=O) groups is 1. The smallest absolute Gasteiger partial charge is 0.221 e. The number of ether oxygens (including phenoxy) is 1. The van der Waals surface area contributed by atoms with Gasteiger partial charge in [0.2, 0.25) is 5.91 Å². The molecule has 21 heavy (non-hydrogen) atoms. The molecule has 1 amide bonds. The van der Waals surface area contributed by atoms with Crippen molar-refractivity contribution in [1.29, 1.82) is 0 Å². The maximum atomic E-state index is 11.9. The van der Waals surface area contributed by atoms with E-state index < -0.39 is 0 Å². The fourth-order valence-corrected chi connectivity index (χ4v) is 2.45. The molecule has 1 saturated heterocycles. The number of amides is 1. The summed E-state index contributed by atoms with van der Waals surface area (Å²) in [5, 5.41) is 6.27. The van der Waals surface area contributed by atoms with Gasteiger partial charge in [-0.15, -0.1) is 0 Å². The molecule has 0 spiro atoms. The van der Waals surface area contributed by atoms with Crippen molar-refractivity contribution in [1.82, 2.24) is 15.5 Å². The summed E-state index contributed by atoms with van der Waals surface area (Å²) in [5.74, 6) is 0.0658. The highest BCUT2D eigenvalue weighted by atomic mass is 16.5. The van der Waals surface area contributed by atoms with E-state index in [1.165, 1.54) is 5.56 Å². The first-order valence-electron chi connectivity index (χ1n) is 7.44. The van der Waals surface area contributed by atoms with Gasteiger partial charge in [-0.1, -0.05) is 24.3 Å². The van der Waals surface area contributed by atoms with E-state index in [-0.39, 0.29) is 11.9 Å². The number of morpholine rings is 1. The van der Waals surface area contributed by atoms with Gasteiger partial charge in [-0.25, -0.2) is 0 Å². The van der Waals surface area contributed by atoms with Gasteiger partial charge in [-0.3, -0.25) is 4.79 Å². The average Bonchev–Trinajstić information content (AvgIpc) is 2.46. The molecule has 1 unspecified atom stereocenters. The summed E-state index contributed by atoms with van der Waals surface area (Å²) >= 11 is 0. The first-order valence-corrected chi connectivity index (χ1v) is 7.44. The van der Waals surface area contributed by atoms with E-state index in [2.05, 4.69) is 27.7 Å². The Balaban J connectivity index is 1.77. The topological polar surface area (TPSA) is 53.6 Å². The van der Waals surface area contributed by atoms with Crippen molar-refractivity contribution in [2.24, 2.45) is 0 Å². The van der Waals surface area contributed by atoms with Gasteiger partial charge in [0.1, 0.15) is 0 Å². The average molecular weight is 291 g/mol. The predicted molar refractivity (Wildman–Crippen MR) is 82.9 cm³/mol. The lowest BCUT2D eigenvalue weighted by atomic mass is 10.1. The highest BCUT2D eigenvalue weighted by Gasteiger charge is 2.16. The second kappa shape index (κ2) is 8.12. The first-order chi connectivity index (χ1) is 10.1. The Morgan fingerprint density at radius 3 is 2.95 bits per heavy atom. The first kappa shape index (κ1) is 15.9. The van der Waals surface area contributed by atoms with Crippen LogP contribution in [0.2, 0.25) is 0 Å². The van der Waals surface area contributed by atoms with Gasteiger partial charge in [0.15, 0.2) is 0 Å². The van der Waals surface area contributed by atoms with Crippen LogP contribution in [0.3, 0.4) is 0 Å². The number of nitrogens with one attached hydrogen (secondary N) is 2. The minimum Gasteiger partial charge on any atom is -0.378 e. The summed E-state index contributed by atoms with van der Waals surface area (Å²) in [6.45, 7) is 3.66. The minimum absolute atomic E-state index is 0.0658. The maximum Gasteiger partial charge on any atom is 0.221 e. The van der Waals surface area contributed by atoms with Gasteiger partial charge in [0.05, 0.1) is 13.2 Å². The largest absolute Gasteiger partial charge is 0.378 e. The van der Waals surface area contributed by atoms with E-state index in [1.54, 1.807) is 0 Å². The third-order valence-electron chi connectivity index (χ3n) is 3.41. The zero-order chi connectivity index (χ0) is 15.1. The number of rotatable bonds is 6. The standard InChI is InChI=1S/C16H25N3O2/c1-19(2)11-14-5-3-4-13(8-14)10-18-16(20)9-15-12-21-7-6-17-15/h3-5,8,15,17H,6-7,9-12H2,1-2H3,(H,18,20).